The SMILES string of the molecule is [2H]C([2H])([2H])n1ncc2c(NC(C)(C)C)nc(NCC(C)(N)c3ccccc3)nc21. The molecule has 7 heteroatoms. The van der Waals surface area contributed by atoms with Crippen LogP contribution < -0.4 is 16.4 Å². The summed E-state index contributed by atoms with van der Waals surface area (Å²) in [6.07, 6.45) is 1.47. The fraction of sp³-hybridized carbons (Fsp3) is 0.421. The molecule has 0 fully saturated rings. The van der Waals surface area contributed by atoms with Gasteiger partial charge in [0, 0.05) is 23.2 Å². The number of nitrogens with zero attached hydrogens (tertiary/aromatic N) is 4. The molecule has 7 nitrogen and oxygen atoms in total. The zero-order valence-corrected chi connectivity index (χ0v) is 15.5. The number of benzene rings is 1. The Morgan fingerprint density at radius 1 is 1.15 bits per heavy atom. The van der Waals surface area contributed by atoms with Gasteiger partial charge < -0.3 is 16.4 Å². The van der Waals surface area contributed by atoms with E-state index in [4.69, 9.17) is 9.85 Å². The van der Waals surface area contributed by atoms with E-state index in [2.05, 4.69) is 25.7 Å². The number of fused-ring (bicyclic) bond motifs is 1. The lowest BCUT2D eigenvalue weighted by Crippen LogP contribution is -2.40. The van der Waals surface area contributed by atoms with E-state index in [0.29, 0.717) is 17.7 Å². The van der Waals surface area contributed by atoms with Gasteiger partial charge in [-0.25, -0.2) is 0 Å². The van der Waals surface area contributed by atoms with Crippen LogP contribution in [0.15, 0.2) is 36.5 Å². The van der Waals surface area contributed by atoms with Crippen LogP contribution in [0.4, 0.5) is 11.8 Å². The molecule has 0 aliphatic heterocycles. The number of aryl methyl sites for hydroxylation is 1. The molecule has 138 valence electrons. The minimum Gasteiger partial charge on any atom is -0.365 e. The van der Waals surface area contributed by atoms with Gasteiger partial charge in [0.1, 0.15) is 5.82 Å². The zero-order valence-electron chi connectivity index (χ0n) is 18.5. The van der Waals surface area contributed by atoms with E-state index in [0.717, 1.165) is 10.2 Å². The summed E-state index contributed by atoms with van der Waals surface area (Å²) in [6.45, 7) is 5.81. The van der Waals surface area contributed by atoms with Crippen molar-refractivity contribution < 1.29 is 4.11 Å². The van der Waals surface area contributed by atoms with E-state index in [-0.39, 0.29) is 17.1 Å². The molecule has 2 aromatic heterocycles. The van der Waals surface area contributed by atoms with Crippen molar-refractivity contribution in [1.29, 1.82) is 0 Å². The van der Waals surface area contributed by atoms with Gasteiger partial charge >= 0.3 is 0 Å². The van der Waals surface area contributed by atoms with Gasteiger partial charge in [-0.15, -0.1) is 0 Å². The molecule has 3 rings (SSSR count). The van der Waals surface area contributed by atoms with E-state index >= 15 is 0 Å². The lowest BCUT2D eigenvalue weighted by molar-refractivity contribution is 0.522. The molecule has 0 aliphatic carbocycles. The quantitative estimate of drug-likeness (QED) is 0.651. The fourth-order valence-electron chi connectivity index (χ4n) is 2.62. The van der Waals surface area contributed by atoms with E-state index in [1.165, 1.54) is 6.20 Å². The third kappa shape index (κ3) is 3.94. The van der Waals surface area contributed by atoms with Crippen molar-refractivity contribution in [1.82, 2.24) is 19.7 Å². The van der Waals surface area contributed by atoms with Crippen molar-refractivity contribution in [3.05, 3.63) is 42.1 Å². The average Bonchev–Trinajstić information content (AvgIpc) is 3.04. The second-order valence-corrected chi connectivity index (χ2v) is 7.70. The Morgan fingerprint density at radius 3 is 2.54 bits per heavy atom. The second kappa shape index (κ2) is 6.57. The van der Waals surface area contributed by atoms with Crippen molar-refractivity contribution in [3.63, 3.8) is 0 Å². The highest BCUT2D eigenvalue weighted by Crippen LogP contribution is 2.25. The molecule has 26 heavy (non-hydrogen) atoms. The molecule has 2 heterocycles. The topological polar surface area (TPSA) is 93.7 Å². The number of hydrogen-bond acceptors (Lipinski definition) is 6. The molecular weight excluding hydrogens is 326 g/mol. The van der Waals surface area contributed by atoms with Crippen molar-refractivity contribution in [2.24, 2.45) is 12.7 Å². The van der Waals surface area contributed by atoms with E-state index < -0.39 is 12.5 Å². The molecule has 0 radical (unpaired) electrons. The Kier molecular flexibility index (Phi) is 3.66. The average molecular weight is 356 g/mol. The lowest BCUT2D eigenvalue weighted by atomic mass is 9.93. The standard InChI is InChI=1S/C19H27N7/c1-18(2,3)25-15-14-11-22-26(5)16(14)24-17(23-15)21-12-19(4,20)13-9-7-6-8-10-13/h6-11H,12,20H2,1-5H3,(H2,21,23,24,25)/i5D3. The van der Waals surface area contributed by atoms with Gasteiger partial charge in [0.25, 0.3) is 0 Å². The van der Waals surface area contributed by atoms with Crippen LogP contribution in [0.25, 0.3) is 11.0 Å². The fourth-order valence-corrected chi connectivity index (χ4v) is 2.62. The molecule has 1 unspecified atom stereocenters. The summed E-state index contributed by atoms with van der Waals surface area (Å²) in [5.74, 6) is 0.793. The van der Waals surface area contributed by atoms with Gasteiger partial charge in [-0.3, -0.25) is 4.68 Å². The Morgan fingerprint density at radius 2 is 1.88 bits per heavy atom. The Hall–Kier alpha value is -2.67. The number of hydrogen-bond donors (Lipinski definition) is 3. The number of nitrogens with one attached hydrogen (secondary N) is 2. The van der Waals surface area contributed by atoms with Crippen LogP contribution in [0.3, 0.4) is 0 Å². The molecule has 1 aromatic carbocycles. The Balaban J connectivity index is 1.99. The van der Waals surface area contributed by atoms with Crippen LogP contribution in [0, 0.1) is 0 Å². The van der Waals surface area contributed by atoms with Crippen molar-refractivity contribution in [2.75, 3.05) is 17.2 Å². The first-order chi connectivity index (χ1) is 13.4. The molecule has 0 saturated heterocycles. The Bertz CT molecular complexity index is 989. The number of aromatic nitrogens is 4. The molecule has 0 bridgehead atoms. The minimum atomic E-state index is -2.45. The molecule has 0 saturated carbocycles. The highest BCUT2D eigenvalue weighted by Gasteiger charge is 2.22. The predicted molar refractivity (Wildman–Crippen MR) is 106 cm³/mol. The monoisotopic (exact) mass is 356 g/mol. The highest BCUT2D eigenvalue weighted by atomic mass is 15.3. The lowest BCUT2D eigenvalue weighted by Gasteiger charge is -2.26. The smallest absolute Gasteiger partial charge is 0.226 e. The van der Waals surface area contributed by atoms with Crippen molar-refractivity contribution >= 4 is 22.8 Å². The number of rotatable bonds is 5. The van der Waals surface area contributed by atoms with E-state index in [9.17, 15) is 0 Å². The van der Waals surface area contributed by atoms with Crippen LogP contribution >= 0.6 is 0 Å². The largest absolute Gasteiger partial charge is 0.365 e. The summed E-state index contributed by atoms with van der Waals surface area (Å²) in [6, 6.07) is 9.72. The molecule has 0 aliphatic rings. The van der Waals surface area contributed by atoms with Gasteiger partial charge in [0.15, 0.2) is 5.65 Å². The maximum atomic E-state index is 7.72. The maximum absolute atomic E-state index is 7.72. The van der Waals surface area contributed by atoms with Crippen LogP contribution in [0.2, 0.25) is 0 Å². The van der Waals surface area contributed by atoms with Gasteiger partial charge in [-0.05, 0) is 33.3 Å². The first kappa shape index (κ1) is 14.5. The zero-order chi connectivity index (χ0) is 21.4. The highest BCUT2D eigenvalue weighted by molar-refractivity contribution is 5.87. The maximum Gasteiger partial charge on any atom is 0.226 e. The van der Waals surface area contributed by atoms with Crippen molar-refractivity contribution in [2.45, 2.75) is 38.8 Å². The van der Waals surface area contributed by atoms with E-state index in [1.54, 1.807) is 0 Å². The minimum absolute atomic E-state index is 0.229. The molecule has 3 aromatic rings. The van der Waals surface area contributed by atoms with Crippen LogP contribution in [0.1, 0.15) is 37.4 Å². The third-order valence-corrected chi connectivity index (χ3v) is 3.97. The van der Waals surface area contributed by atoms with Gasteiger partial charge in [0.05, 0.1) is 17.1 Å². The second-order valence-electron chi connectivity index (χ2n) is 7.70. The van der Waals surface area contributed by atoms with Gasteiger partial charge in [-0.2, -0.15) is 15.1 Å². The molecule has 0 amide bonds. The predicted octanol–water partition coefficient (Wildman–Crippen LogP) is 2.86. The van der Waals surface area contributed by atoms with E-state index in [1.807, 2.05) is 58.0 Å². The van der Waals surface area contributed by atoms with Gasteiger partial charge in [-0.1, -0.05) is 30.3 Å². The summed E-state index contributed by atoms with van der Waals surface area (Å²) in [5, 5.41) is 11.0. The molecule has 0 spiro atoms. The van der Waals surface area contributed by atoms with Crippen LogP contribution in [0.5, 0.6) is 0 Å². The number of anilines is 2. The summed E-state index contributed by atoms with van der Waals surface area (Å²) >= 11 is 0. The summed E-state index contributed by atoms with van der Waals surface area (Å²) in [7, 11) is 0. The molecule has 4 N–H and O–H groups in total. The molecular formula is C19H27N7. The third-order valence-electron chi connectivity index (χ3n) is 3.97. The van der Waals surface area contributed by atoms with Crippen LogP contribution in [-0.4, -0.2) is 31.8 Å². The Labute approximate surface area is 158 Å². The number of nitrogens with two attached hydrogens (primary N) is 1. The van der Waals surface area contributed by atoms with Gasteiger partial charge in [0.2, 0.25) is 5.95 Å². The first-order valence-corrected chi connectivity index (χ1v) is 8.49. The first-order valence-electron chi connectivity index (χ1n) is 9.99. The van der Waals surface area contributed by atoms with Crippen LogP contribution in [-0.2, 0) is 12.5 Å². The summed E-state index contributed by atoms with van der Waals surface area (Å²) in [4.78, 5) is 8.96. The summed E-state index contributed by atoms with van der Waals surface area (Å²) < 4.78 is 24.1. The molecule has 1 atom stereocenters. The van der Waals surface area contributed by atoms with Crippen molar-refractivity contribution in [3.8, 4) is 0 Å². The normalized spacial score (nSPS) is 16.4. The summed E-state index contributed by atoms with van der Waals surface area (Å²) in [5.41, 5.74) is 6.72.